The highest BCUT2D eigenvalue weighted by molar-refractivity contribution is 5.74. The number of benzene rings is 1. The van der Waals surface area contributed by atoms with Gasteiger partial charge < -0.3 is 10.2 Å². The van der Waals surface area contributed by atoms with Crippen LogP contribution >= 0.6 is 0 Å². The molecule has 1 aliphatic heterocycles. The topological polar surface area (TPSA) is 50.2 Å². The lowest BCUT2D eigenvalue weighted by atomic mass is 9.86. The number of aromatic nitrogens is 2. The third-order valence-corrected chi connectivity index (χ3v) is 5.28. The minimum atomic E-state index is 0.0648. The number of fused-ring (bicyclic) bond motifs is 1. The summed E-state index contributed by atoms with van der Waals surface area (Å²) in [7, 11) is 0. The third-order valence-electron chi connectivity index (χ3n) is 5.28. The Hall–Kier alpha value is -2.56. The molecule has 0 spiro atoms. The van der Waals surface area contributed by atoms with E-state index in [4.69, 9.17) is 0 Å². The maximum atomic E-state index is 12.4. The quantitative estimate of drug-likeness (QED) is 0.873. The summed E-state index contributed by atoms with van der Waals surface area (Å²) in [4.78, 5) is 14.4. The summed E-state index contributed by atoms with van der Waals surface area (Å²) in [6, 6.07) is 10.3. The second kappa shape index (κ2) is 7.13. The standard InChI is InChI=1S/C20H24N4O/c25-20(23-14-18-4-1-2-5-19(18)15-23)21-12-16-6-8-17(9-7-16)13-24-11-3-10-22-24/h1-3,6-11,18-19H,4-5,12-15H2,(H,21,25)/t18-,19-/m1/s1. The van der Waals surface area contributed by atoms with E-state index in [0.29, 0.717) is 18.4 Å². The maximum absolute atomic E-state index is 12.4. The first kappa shape index (κ1) is 15.9. The number of carbonyl (C=O) groups is 1. The van der Waals surface area contributed by atoms with Crippen molar-refractivity contribution in [1.82, 2.24) is 20.0 Å². The molecule has 1 N–H and O–H groups in total. The summed E-state index contributed by atoms with van der Waals surface area (Å²) in [5, 5.41) is 7.28. The molecule has 25 heavy (non-hydrogen) atoms. The lowest BCUT2D eigenvalue weighted by Gasteiger charge is -2.17. The number of hydrogen-bond donors (Lipinski definition) is 1. The molecule has 0 unspecified atom stereocenters. The van der Waals surface area contributed by atoms with E-state index in [1.165, 1.54) is 5.56 Å². The van der Waals surface area contributed by atoms with Gasteiger partial charge in [-0.2, -0.15) is 5.10 Å². The zero-order chi connectivity index (χ0) is 17.1. The molecule has 130 valence electrons. The summed E-state index contributed by atoms with van der Waals surface area (Å²) in [5.41, 5.74) is 2.32. The smallest absolute Gasteiger partial charge is 0.317 e. The number of nitrogens with one attached hydrogen (secondary N) is 1. The van der Waals surface area contributed by atoms with Crippen LogP contribution in [0.2, 0.25) is 0 Å². The van der Waals surface area contributed by atoms with Crippen molar-refractivity contribution in [2.45, 2.75) is 25.9 Å². The van der Waals surface area contributed by atoms with Crippen molar-refractivity contribution in [2.75, 3.05) is 13.1 Å². The van der Waals surface area contributed by atoms with Gasteiger partial charge in [-0.25, -0.2) is 4.79 Å². The molecule has 2 atom stereocenters. The first-order valence-corrected chi connectivity index (χ1v) is 9.01. The van der Waals surface area contributed by atoms with Crippen molar-refractivity contribution < 1.29 is 4.79 Å². The minimum absolute atomic E-state index is 0.0648. The monoisotopic (exact) mass is 336 g/mol. The molecule has 0 saturated carbocycles. The van der Waals surface area contributed by atoms with Crippen LogP contribution < -0.4 is 5.32 Å². The van der Waals surface area contributed by atoms with E-state index in [1.54, 1.807) is 6.20 Å². The van der Waals surface area contributed by atoms with Crippen LogP contribution in [0.4, 0.5) is 4.79 Å². The molecule has 5 heteroatoms. The highest BCUT2D eigenvalue weighted by Crippen LogP contribution is 2.32. The van der Waals surface area contributed by atoms with E-state index in [0.717, 1.165) is 38.0 Å². The number of nitrogens with zero attached hydrogens (tertiary/aromatic N) is 3. The molecular weight excluding hydrogens is 312 g/mol. The van der Waals surface area contributed by atoms with Crippen LogP contribution in [0, 0.1) is 11.8 Å². The number of amides is 2. The Morgan fingerprint density at radius 3 is 2.40 bits per heavy atom. The molecule has 2 aromatic rings. The molecule has 5 nitrogen and oxygen atoms in total. The Labute approximate surface area is 148 Å². The van der Waals surface area contributed by atoms with Gasteiger partial charge in [0.05, 0.1) is 6.54 Å². The van der Waals surface area contributed by atoms with E-state index >= 15 is 0 Å². The van der Waals surface area contributed by atoms with Crippen LogP contribution in [0.5, 0.6) is 0 Å². The molecule has 2 amide bonds. The minimum Gasteiger partial charge on any atom is -0.334 e. The number of urea groups is 1. The van der Waals surface area contributed by atoms with Crippen LogP contribution in [-0.2, 0) is 13.1 Å². The second-order valence-corrected chi connectivity index (χ2v) is 7.05. The van der Waals surface area contributed by atoms with Gasteiger partial charge in [-0.15, -0.1) is 0 Å². The first-order valence-electron chi connectivity index (χ1n) is 9.01. The Morgan fingerprint density at radius 1 is 1.08 bits per heavy atom. The molecular formula is C20H24N4O. The number of carbonyl (C=O) groups excluding carboxylic acids is 1. The lowest BCUT2D eigenvalue weighted by Crippen LogP contribution is -2.38. The molecule has 0 bridgehead atoms. The number of hydrogen-bond acceptors (Lipinski definition) is 2. The molecule has 4 rings (SSSR count). The molecule has 2 aliphatic rings. The highest BCUT2D eigenvalue weighted by atomic mass is 16.2. The zero-order valence-electron chi connectivity index (χ0n) is 14.3. The SMILES string of the molecule is O=C(NCc1ccc(Cn2cccn2)cc1)N1C[C@H]2CC=CC[C@@H]2C1. The Balaban J connectivity index is 1.27. The molecule has 1 aliphatic carbocycles. The van der Waals surface area contributed by atoms with Crippen molar-refractivity contribution in [3.05, 3.63) is 66.0 Å². The first-order chi connectivity index (χ1) is 12.3. The van der Waals surface area contributed by atoms with E-state index in [-0.39, 0.29) is 6.03 Å². The van der Waals surface area contributed by atoms with E-state index in [2.05, 4.69) is 46.8 Å². The number of likely N-dealkylation sites (tertiary alicyclic amines) is 1. The normalized spacial score (nSPS) is 22.0. The summed E-state index contributed by atoms with van der Waals surface area (Å²) in [6.07, 6.45) is 10.5. The van der Waals surface area contributed by atoms with Gasteiger partial charge >= 0.3 is 6.03 Å². The van der Waals surface area contributed by atoms with Gasteiger partial charge in [-0.1, -0.05) is 36.4 Å². The second-order valence-electron chi connectivity index (χ2n) is 7.05. The molecule has 1 aromatic heterocycles. The molecule has 2 heterocycles. The Kier molecular flexibility index (Phi) is 4.55. The summed E-state index contributed by atoms with van der Waals surface area (Å²) in [5.74, 6) is 1.30. The fourth-order valence-electron chi connectivity index (χ4n) is 3.81. The van der Waals surface area contributed by atoms with Crippen molar-refractivity contribution in [2.24, 2.45) is 11.8 Å². The van der Waals surface area contributed by atoms with Gasteiger partial charge in [-0.3, -0.25) is 4.68 Å². The van der Waals surface area contributed by atoms with Crippen LogP contribution in [0.3, 0.4) is 0 Å². The van der Waals surface area contributed by atoms with Gasteiger partial charge in [0, 0.05) is 32.0 Å². The van der Waals surface area contributed by atoms with Gasteiger partial charge in [-0.05, 0) is 41.9 Å². The van der Waals surface area contributed by atoms with Crippen LogP contribution in [-0.4, -0.2) is 33.8 Å². The highest BCUT2D eigenvalue weighted by Gasteiger charge is 2.34. The van der Waals surface area contributed by atoms with Gasteiger partial charge in [0.25, 0.3) is 0 Å². The van der Waals surface area contributed by atoms with Crippen molar-refractivity contribution >= 4 is 6.03 Å². The predicted molar refractivity (Wildman–Crippen MR) is 96.9 cm³/mol. The van der Waals surface area contributed by atoms with Gasteiger partial charge in [0.15, 0.2) is 0 Å². The number of allylic oxidation sites excluding steroid dienone is 2. The summed E-state index contributed by atoms with van der Waals surface area (Å²) < 4.78 is 1.90. The average Bonchev–Trinajstić information content (AvgIpc) is 3.30. The fraction of sp³-hybridized carbons (Fsp3) is 0.400. The van der Waals surface area contributed by atoms with E-state index in [9.17, 15) is 4.79 Å². The fourth-order valence-corrected chi connectivity index (χ4v) is 3.81. The van der Waals surface area contributed by atoms with Crippen LogP contribution in [0.1, 0.15) is 24.0 Å². The molecule has 1 fully saturated rings. The largest absolute Gasteiger partial charge is 0.334 e. The lowest BCUT2D eigenvalue weighted by molar-refractivity contribution is 0.206. The van der Waals surface area contributed by atoms with E-state index < -0.39 is 0 Å². The summed E-state index contributed by atoms with van der Waals surface area (Å²) in [6.45, 7) is 3.13. The molecule has 1 aromatic carbocycles. The average molecular weight is 336 g/mol. The Bertz CT molecular complexity index is 720. The van der Waals surface area contributed by atoms with Crippen molar-refractivity contribution in [3.63, 3.8) is 0 Å². The maximum Gasteiger partial charge on any atom is 0.317 e. The van der Waals surface area contributed by atoms with Crippen molar-refractivity contribution in [3.8, 4) is 0 Å². The van der Waals surface area contributed by atoms with Gasteiger partial charge in [0.2, 0.25) is 0 Å². The molecule has 0 radical (unpaired) electrons. The van der Waals surface area contributed by atoms with E-state index in [1.807, 2.05) is 21.8 Å². The van der Waals surface area contributed by atoms with Gasteiger partial charge in [0.1, 0.15) is 0 Å². The van der Waals surface area contributed by atoms with Crippen LogP contribution in [0.15, 0.2) is 54.9 Å². The Morgan fingerprint density at radius 2 is 1.76 bits per heavy atom. The predicted octanol–water partition coefficient (Wildman–Crippen LogP) is 3.04. The number of rotatable bonds is 4. The summed E-state index contributed by atoms with van der Waals surface area (Å²) >= 11 is 0. The van der Waals surface area contributed by atoms with Crippen molar-refractivity contribution in [1.29, 1.82) is 0 Å². The van der Waals surface area contributed by atoms with Crippen LogP contribution in [0.25, 0.3) is 0 Å². The zero-order valence-corrected chi connectivity index (χ0v) is 14.3. The third kappa shape index (κ3) is 3.76. The molecule has 1 saturated heterocycles.